The van der Waals surface area contributed by atoms with Crippen LogP contribution in [0.15, 0.2) is 12.7 Å². The molecule has 0 fully saturated rings. The molecule has 0 aliphatic heterocycles. The van der Waals surface area contributed by atoms with E-state index in [4.69, 9.17) is 25.0 Å². The number of anilines is 1. The van der Waals surface area contributed by atoms with Gasteiger partial charge in [0.1, 0.15) is 18.2 Å². The molecule has 0 radical (unpaired) electrons. The lowest BCUT2D eigenvalue weighted by molar-refractivity contribution is -0.0233. The van der Waals surface area contributed by atoms with Crippen LogP contribution in [0.1, 0.15) is 6.23 Å². The lowest BCUT2D eigenvalue weighted by atomic mass is 10.5. The van der Waals surface area contributed by atoms with Crippen LogP contribution in [0.4, 0.5) is 5.82 Å². The molecule has 2 aromatic heterocycles. The number of nitrogen functional groups attached to an aromatic ring is 1. The molecule has 4 N–H and O–H groups in total. The fourth-order valence-corrected chi connectivity index (χ4v) is 1.96. The minimum absolute atomic E-state index is 0.0724. The van der Waals surface area contributed by atoms with E-state index in [-0.39, 0.29) is 12.4 Å². The summed E-state index contributed by atoms with van der Waals surface area (Å²) in [6.07, 6.45) is 1.42. The summed E-state index contributed by atoms with van der Waals surface area (Å²) in [4.78, 5) is 29.4. The molecule has 1 unspecified atom stereocenters. The first-order valence-electron chi connectivity index (χ1n) is 5.50. The largest absolute Gasteiger partial charge is 0.382 e. The van der Waals surface area contributed by atoms with Gasteiger partial charge >= 0.3 is 7.60 Å². The maximum Gasteiger partial charge on any atom is 0.350 e. The zero-order chi connectivity index (χ0) is 14.8. The fraction of sp³-hybridized carbons (Fsp3) is 0.444. The molecule has 0 aliphatic carbocycles. The van der Waals surface area contributed by atoms with Crippen molar-refractivity contribution in [2.45, 2.75) is 6.23 Å². The first-order valence-corrected chi connectivity index (χ1v) is 7.30. The first-order chi connectivity index (χ1) is 9.42. The Labute approximate surface area is 113 Å². The Bertz CT molecular complexity index is 641. The van der Waals surface area contributed by atoms with Gasteiger partial charge in [0.05, 0.1) is 12.9 Å². The molecule has 0 aliphatic rings. The first kappa shape index (κ1) is 14.8. The summed E-state index contributed by atoms with van der Waals surface area (Å²) in [6.45, 7) is -0.0724. The second-order valence-corrected chi connectivity index (χ2v) is 5.53. The highest BCUT2D eigenvalue weighted by Crippen LogP contribution is 2.34. The van der Waals surface area contributed by atoms with Crippen molar-refractivity contribution in [1.29, 1.82) is 0 Å². The number of hydrogen-bond acceptors (Lipinski definition) is 7. The Morgan fingerprint density at radius 1 is 1.45 bits per heavy atom. The van der Waals surface area contributed by atoms with Gasteiger partial charge in [-0.3, -0.25) is 9.13 Å². The van der Waals surface area contributed by atoms with Gasteiger partial charge in [-0.05, 0) is 0 Å². The number of nitrogens with two attached hydrogens (primary N) is 1. The molecular weight excluding hydrogens is 289 g/mol. The van der Waals surface area contributed by atoms with Crippen LogP contribution in [-0.4, -0.2) is 49.4 Å². The van der Waals surface area contributed by atoms with Crippen LogP contribution in [0, 0.1) is 0 Å². The van der Waals surface area contributed by atoms with E-state index < -0.39 is 20.2 Å². The van der Waals surface area contributed by atoms with Gasteiger partial charge in [-0.25, -0.2) is 15.0 Å². The average Bonchev–Trinajstić information content (AvgIpc) is 2.79. The standard InChI is InChI=1S/C9H14N5O5P/c1-18-6(2-19-5-20(15,16)17)14-4-13-7-8(10)11-3-12-9(7)14/h3-4,6H,2,5H2,1H3,(H2,10,11,12)(H2,15,16,17). The Morgan fingerprint density at radius 2 is 2.20 bits per heavy atom. The van der Waals surface area contributed by atoms with E-state index in [2.05, 4.69) is 15.0 Å². The molecule has 2 rings (SSSR count). The van der Waals surface area contributed by atoms with Gasteiger partial charge in [0.25, 0.3) is 0 Å². The summed E-state index contributed by atoms with van der Waals surface area (Å²) >= 11 is 0. The van der Waals surface area contributed by atoms with Crippen molar-refractivity contribution in [2.24, 2.45) is 0 Å². The number of fused-ring (bicyclic) bond motifs is 1. The van der Waals surface area contributed by atoms with E-state index in [1.165, 1.54) is 19.8 Å². The normalized spacial score (nSPS) is 13.8. The molecule has 0 aromatic carbocycles. The molecular formula is C9H14N5O5P. The molecule has 20 heavy (non-hydrogen) atoms. The Hall–Kier alpha value is -1.58. The van der Waals surface area contributed by atoms with E-state index in [0.717, 1.165) is 0 Å². The van der Waals surface area contributed by atoms with Crippen LogP contribution >= 0.6 is 7.60 Å². The summed E-state index contributed by atoms with van der Waals surface area (Å²) in [6, 6.07) is 0. The molecule has 0 saturated carbocycles. The predicted molar refractivity (Wildman–Crippen MR) is 68.6 cm³/mol. The molecule has 2 aromatic rings. The number of nitrogens with zero attached hydrogens (tertiary/aromatic N) is 4. The van der Waals surface area contributed by atoms with Gasteiger partial charge in [-0.1, -0.05) is 0 Å². The third kappa shape index (κ3) is 3.30. The van der Waals surface area contributed by atoms with Gasteiger partial charge in [0, 0.05) is 7.11 Å². The maximum atomic E-state index is 10.7. The van der Waals surface area contributed by atoms with Gasteiger partial charge in [0.15, 0.2) is 17.7 Å². The SMILES string of the molecule is COC(COCP(=O)(O)O)n1cnc2c(N)ncnc21. The molecule has 0 amide bonds. The topological polar surface area (TPSA) is 146 Å². The number of hydrogen-bond donors (Lipinski definition) is 3. The highest BCUT2D eigenvalue weighted by molar-refractivity contribution is 7.51. The molecule has 0 saturated heterocycles. The second kappa shape index (κ2) is 5.81. The molecule has 11 heteroatoms. The molecule has 0 bridgehead atoms. The number of ether oxygens (including phenoxy) is 2. The number of aromatic nitrogens is 4. The van der Waals surface area contributed by atoms with Crippen molar-refractivity contribution in [3.05, 3.63) is 12.7 Å². The van der Waals surface area contributed by atoms with Crippen molar-refractivity contribution in [3.8, 4) is 0 Å². The minimum atomic E-state index is -4.21. The Balaban J connectivity index is 2.18. The van der Waals surface area contributed by atoms with E-state index in [1.807, 2.05) is 0 Å². The molecule has 10 nitrogen and oxygen atoms in total. The number of rotatable bonds is 6. The lowest BCUT2D eigenvalue weighted by Gasteiger charge is -2.17. The van der Waals surface area contributed by atoms with Crippen molar-refractivity contribution >= 4 is 24.6 Å². The van der Waals surface area contributed by atoms with Crippen LogP contribution in [0.25, 0.3) is 11.2 Å². The van der Waals surface area contributed by atoms with E-state index >= 15 is 0 Å². The summed E-state index contributed by atoms with van der Waals surface area (Å²) in [5, 5.41) is 0. The average molecular weight is 303 g/mol. The van der Waals surface area contributed by atoms with Gasteiger partial charge < -0.3 is 25.0 Å². The zero-order valence-corrected chi connectivity index (χ0v) is 11.5. The molecule has 2 heterocycles. The number of methoxy groups -OCH3 is 1. The summed E-state index contributed by atoms with van der Waals surface area (Å²) in [5.41, 5.74) is 6.54. The van der Waals surface area contributed by atoms with Crippen molar-refractivity contribution in [2.75, 3.05) is 25.8 Å². The summed E-state index contributed by atoms with van der Waals surface area (Å²) in [7, 11) is -2.78. The monoisotopic (exact) mass is 303 g/mol. The maximum absolute atomic E-state index is 10.7. The predicted octanol–water partition coefficient (Wildman–Crippen LogP) is -0.295. The van der Waals surface area contributed by atoms with E-state index in [9.17, 15) is 4.57 Å². The summed E-state index contributed by atoms with van der Waals surface area (Å²) in [5.74, 6) is 0.236. The molecule has 1 atom stereocenters. The highest BCUT2D eigenvalue weighted by atomic mass is 31.2. The van der Waals surface area contributed by atoms with Crippen LogP contribution in [0.5, 0.6) is 0 Å². The number of imidazole rings is 1. The van der Waals surface area contributed by atoms with Crippen molar-refractivity contribution < 1.29 is 23.8 Å². The smallest absolute Gasteiger partial charge is 0.350 e. The molecule has 110 valence electrons. The quantitative estimate of drug-likeness (QED) is 0.612. The van der Waals surface area contributed by atoms with Gasteiger partial charge in [-0.2, -0.15) is 0 Å². The van der Waals surface area contributed by atoms with Crippen molar-refractivity contribution in [1.82, 2.24) is 19.5 Å². The van der Waals surface area contributed by atoms with Gasteiger partial charge in [-0.15, -0.1) is 0 Å². The van der Waals surface area contributed by atoms with E-state index in [1.54, 1.807) is 4.57 Å². The van der Waals surface area contributed by atoms with Crippen LogP contribution in [0.3, 0.4) is 0 Å². The second-order valence-electron chi connectivity index (χ2n) is 3.94. The Kier molecular flexibility index (Phi) is 4.31. The van der Waals surface area contributed by atoms with E-state index in [0.29, 0.717) is 11.2 Å². The van der Waals surface area contributed by atoms with Crippen molar-refractivity contribution in [3.63, 3.8) is 0 Å². The highest BCUT2D eigenvalue weighted by Gasteiger charge is 2.19. The van der Waals surface area contributed by atoms with Crippen LogP contribution in [0.2, 0.25) is 0 Å². The van der Waals surface area contributed by atoms with Crippen LogP contribution in [-0.2, 0) is 14.0 Å². The summed E-state index contributed by atoms with van der Waals surface area (Å²) < 4.78 is 22.4. The Morgan fingerprint density at radius 3 is 2.85 bits per heavy atom. The minimum Gasteiger partial charge on any atom is -0.382 e. The fourth-order valence-electron chi connectivity index (χ4n) is 1.62. The lowest BCUT2D eigenvalue weighted by Crippen LogP contribution is -2.17. The zero-order valence-electron chi connectivity index (χ0n) is 10.6. The van der Waals surface area contributed by atoms with Gasteiger partial charge in [0.2, 0.25) is 0 Å². The molecule has 0 spiro atoms. The van der Waals surface area contributed by atoms with Crippen LogP contribution < -0.4 is 5.73 Å². The third-order valence-corrected chi connectivity index (χ3v) is 3.01. The third-order valence-electron chi connectivity index (χ3n) is 2.49.